The third-order valence-corrected chi connectivity index (χ3v) is 6.13. The first kappa shape index (κ1) is 20.9. The van der Waals surface area contributed by atoms with Crippen molar-refractivity contribution in [3.05, 3.63) is 23.8 Å². The van der Waals surface area contributed by atoms with Crippen molar-refractivity contribution in [2.45, 2.75) is 25.0 Å². The minimum atomic E-state index is 0.0134. The summed E-state index contributed by atoms with van der Waals surface area (Å²) in [5.74, 6) is 2.20. The summed E-state index contributed by atoms with van der Waals surface area (Å²) in [4.78, 5) is 17.5. The van der Waals surface area contributed by atoms with E-state index in [0.29, 0.717) is 48.1 Å². The molecule has 1 heterocycles. The molecule has 0 unspecified atom stereocenters. The Balaban J connectivity index is 1.76. The largest absolute Gasteiger partial charge is 0.497 e. The second-order valence-electron chi connectivity index (χ2n) is 8.01. The predicted octanol–water partition coefficient (Wildman–Crippen LogP) is 1.46. The van der Waals surface area contributed by atoms with Gasteiger partial charge in [0.2, 0.25) is 0 Å². The van der Waals surface area contributed by atoms with Crippen LogP contribution >= 0.6 is 0 Å². The van der Waals surface area contributed by atoms with E-state index in [1.165, 1.54) is 0 Å². The average molecular weight is 392 g/mol. The summed E-state index contributed by atoms with van der Waals surface area (Å²) < 4.78 is 16.8. The Hall–Kier alpha value is -1.83. The van der Waals surface area contributed by atoms with Crippen molar-refractivity contribution in [3.63, 3.8) is 0 Å². The zero-order valence-corrected chi connectivity index (χ0v) is 17.4. The number of likely N-dealkylation sites (N-methyl/N-ethyl adjacent to an activating group) is 1. The van der Waals surface area contributed by atoms with Gasteiger partial charge < -0.3 is 29.7 Å². The number of nitrogens with two attached hydrogens (primary N) is 1. The number of benzene rings is 1. The molecule has 1 saturated heterocycles. The minimum Gasteiger partial charge on any atom is -0.497 e. The molecule has 1 aliphatic carbocycles. The maximum atomic E-state index is 13.3. The van der Waals surface area contributed by atoms with E-state index >= 15 is 0 Å². The number of amides is 1. The molecule has 3 rings (SSSR count). The molecule has 156 valence electrons. The molecular formula is C21H33N3O4. The summed E-state index contributed by atoms with van der Waals surface area (Å²) >= 11 is 0. The zero-order valence-electron chi connectivity index (χ0n) is 17.4. The number of nitrogens with zero attached hydrogens (tertiary/aromatic N) is 2. The van der Waals surface area contributed by atoms with Gasteiger partial charge in [0.05, 0.1) is 18.8 Å². The lowest BCUT2D eigenvalue weighted by Gasteiger charge is -2.40. The van der Waals surface area contributed by atoms with E-state index in [1.54, 1.807) is 32.4 Å². The lowest BCUT2D eigenvalue weighted by molar-refractivity contribution is -0.0209. The van der Waals surface area contributed by atoms with Crippen LogP contribution < -0.4 is 15.2 Å². The van der Waals surface area contributed by atoms with Crippen LogP contribution in [0.5, 0.6) is 11.5 Å². The number of ether oxygens (including phenoxy) is 3. The van der Waals surface area contributed by atoms with Crippen molar-refractivity contribution in [2.75, 3.05) is 54.6 Å². The van der Waals surface area contributed by atoms with Gasteiger partial charge in [0.25, 0.3) is 5.91 Å². The van der Waals surface area contributed by atoms with E-state index in [2.05, 4.69) is 19.0 Å². The fourth-order valence-electron chi connectivity index (χ4n) is 4.62. The van der Waals surface area contributed by atoms with Crippen molar-refractivity contribution in [2.24, 2.45) is 17.6 Å². The third-order valence-electron chi connectivity index (χ3n) is 6.13. The van der Waals surface area contributed by atoms with Crippen LogP contribution in [0.2, 0.25) is 0 Å². The van der Waals surface area contributed by atoms with Crippen LogP contribution in [0.25, 0.3) is 0 Å². The monoisotopic (exact) mass is 391 g/mol. The molecule has 28 heavy (non-hydrogen) atoms. The van der Waals surface area contributed by atoms with Crippen molar-refractivity contribution >= 4 is 5.91 Å². The molecule has 2 aliphatic rings. The molecule has 0 radical (unpaired) electrons. The van der Waals surface area contributed by atoms with Crippen LogP contribution in [-0.2, 0) is 4.74 Å². The first-order valence-electron chi connectivity index (χ1n) is 9.97. The van der Waals surface area contributed by atoms with Gasteiger partial charge in [-0.15, -0.1) is 0 Å². The van der Waals surface area contributed by atoms with Gasteiger partial charge in [0.1, 0.15) is 18.1 Å². The summed E-state index contributed by atoms with van der Waals surface area (Å²) in [6.45, 7) is 2.31. The van der Waals surface area contributed by atoms with E-state index < -0.39 is 0 Å². The SMILES string of the molecule is COc1ccc(C(=O)N2C[C@H]3C[C@@H](N(C)C)[C@H](OC)C[C@H]3C2)c(OCCN)c1. The molecule has 0 spiro atoms. The van der Waals surface area contributed by atoms with E-state index in [0.717, 1.165) is 25.9 Å². The van der Waals surface area contributed by atoms with E-state index in [9.17, 15) is 4.79 Å². The molecule has 1 saturated carbocycles. The molecule has 1 aromatic carbocycles. The Morgan fingerprint density at radius 2 is 1.93 bits per heavy atom. The number of hydrogen-bond donors (Lipinski definition) is 1. The molecule has 7 nitrogen and oxygen atoms in total. The molecule has 4 atom stereocenters. The molecule has 0 bridgehead atoms. The Bertz CT molecular complexity index is 682. The quantitative estimate of drug-likeness (QED) is 0.758. The highest BCUT2D eigenvalue weighted by Gasteiger charge is 2.44. The first-order chi connectivity index (χ1) is 13.5. The minimum absolute atomic E-state index is 0.0134. The highest BCUT2D eigenvalue weighted by Crippen LogP contribution is 2.39. The van der Waals surface area contributed by atoms with Crippen LogP contribution in [0.15, 0.2) is 18.2 Å². The highest BCUT2D eigenvalue weighted by atomic mass is 16.5. The molecule has 1 amide bonds. The molecule has 1 aliphatic heterocycles. The summed E-state index contributed by atoms with van der Waals surface area (Å²) in [5.41, 5.74) is 6.14. The zero-order chi connectivity index (χ0) is 20.3. The third kappa shape index (κ3) is 4.26. The van der Waals surface area contributed by atoms with Crippen LogP contribution in [0.4, 0.5) is 0 Å². The molecule has 2 N–H and O–H groups in total. The lowest BCUT2D eigenvalue weighted by Crippen LogP contribution is -2.47. The van der Waals surface area contributed by atoms with Gasteiger partial charge in [-0.25, -0.2) is 0 Å². The fraction of sp³-hybridized carbons (Fsp3) is 0.667. The second kappa shape index (κ2) is 9.11. The van der Waals surface area contributed by atoms with Gasteiger partial charge in [-0.1, -0.05) is 0 Å². The van der Waals surface area contributed by atoms with E-state index in [4.69, 9.17) is 19.9 Å². The molecule has 1 aromatic rings. The maximum Gasteiger partial charge on any atom is 0.257 e. The van der Waals surface area contributed by atoms with Gasteiger partial charge in [0, 0.05) is 38.9 Å². The van der Waals surface area contributed by atoms with Crippen LogP contribution in [0.3, 0.4) is 0 Å². The first-order valence-corrected chi connectivity index (χ1v) is 9.97. The molecule has 0 aromatic heterocycles. The van der Waals surface area contributed by atoms with Gasteiger partial charge in [0.15, 0.2) is 0 Å². The van der Waals surface area contributed by atoms with Gasteiger partial charge in [-0.2, -0.15) is 0 Å². The lowest BCUT2D eigenvalue weighted by atomic mass is 9.77. The second-order valence-corrected chi connectivity index (χ2v) is 8.01. The Morgan fingerprint density at radius 3 is 2.54 bits per heavy atom. The average Bonchev–Trinajstić information content (AvgIpc) is 3.13. The number of hydrogen-bond acceptors (Lipinski definition) is 6. The maximum absolute atomic E-state index is 13.3. The number of likely N-dealkylation sites (tertiary alicyclic amines) is 1. The van der Waals surface area contributed by atoms with Crippen molar-refractivity contribution in [1.29, 1.82) is 0 Å². The summed E-state index contributed by atoms with van der Waals surface area (Å²) in [6, 6.07) is 5.74. The number of carbonyl (C=O) groups is 1. The summed E-state index contributed by atoms with van der Waals surface area (Å²) in [5, 5.41) is 0. The van der Waals surface area contributed by atoms with Crippen LogP contribution in [0, 0.1) is 11.8 Å². The predicted molar refractivity (Wildman–Crippen MR) is 108 cm³/mol. The van der Waals surface area contributed by atoms with E-state index in [-0.39, 0.29) is 12.0 Å². The Morgan fingerprint density at radius 1 is 1.21 bits per heavy atom. The van der Waals surface area contributed by atoms with Crippen LogP contribution in [0.1, 0.15) is 23.2 Å². The van der Waals surface area contributed by atoms with Crippen molar-refractivity contribution in [1.82, 2.24) is 9.80 Å². The Labute approximate surface area is 167 Å². The summed E-state index contributed by atoms with van der Waals surface area (Å²) in [6.07, 6.45) is 2.27. The van der Waals surface area contributed by atoms with Gasteiger partial charge >= 0.3 is 0 Å². The highest BCUT2D eigenvalue weighted by molar-refractivity contribution is 5.97. The standard InChI is InChI=1S/C21H33N3O4/c1-23(2)18-9-14-12-24(13-15(14)10-20(18)27-4)21(25)17-6-5-16(26-3)11-19(17)28-8-7-22/h5-6,11,14-15,18,20H,7-10,12-13,22H2,1-4H3/t14-,15+,18-,20-/m1/s1. The number of carbonyl (C=O) groups excluding carboxylic acids is 1. The molecule has 7 heteroatoms. The van der Waals surface area contributed by atoms with Gasteiger partial charge in [-0.05, 0) is 50.9 Å². The number of rotatable bonds is 7. The van der Waals surface area contributed by atoms with Gasteiger partial charge in [-0.3, -0.25) is 4.79 Å². The van der Waals surface area contributed by atoms with Crippen molar-refractivity contribution in [3.8, 4) is 11.5 Å². The fourth-order valence-corrected chi connectivity index (χ4v) is 4.62. The Kier molecular flexibility index (Phi) is 6.80. The number of methoxy groups -OCH3 is 2. The number of fused-ring (bicyclic) bond motifs is 1. The topological polar surface area (TPSA) is 77.3 Å². The van der Waals surface area contributed by atoms with Crippen LogP contribution in [-0.4, -0.2) is 82.4 Å². The normalized spacial score (nSPS) is 27.0. The smallest absolute Gasteiger partial charge is 0.257 e. The van der Waals surface area contributed by atoms with E-state index in [1.807, 2.05) is 4.90 Å². The molecular weight excluding hydrogens is 358 g/mol. The summed E-state index contributed by atoms with van der Waals surface area (Å²) in [7, 11) is 7.60. The molecule has 2 fully saturated rings. The van der Waals surface area contributed by atoms with Crippen molar-refractivity contribution < 1.29 is 19.0 Å².